The molecule has 0 saturated heterocycles. The zero-order valence-electron chi connectivity index (χ0n) is 34.0. The van der Waals surface area contributed by atoms with Gasteiger partial charge in [0.15, 0.2) is 5.58 Å². The summed E-state index contributed by atoms with van der Waals surface area (Å²) in [6, 6.07) is 73.2. The first-order valence-corrected chi connectivity index (χ1v) is 21.8. The topological polar surface area (TPSA) is 21.3 Å². The Kier molecular flexibility index (Phi) is 8.59. The minimum atomic E-state index is 0.571. The van der Waals surface area contributed by atoms with E-state index in [2.05, 4.69) is 210 Å². The number of nitrogens with zero attached hydrogens (tertiary/aromatic N) is 2. The van der Waals surface area contributed by atoms with Gasteiger partial charge in [-0.2, -0.15) is 0 Å². The van der Waals surface area contributed by atoms with Gasteiger partial charge in [-0.3, -0.25) is 0 Å². The van der Waals surface area contributed by atoms with Crippen LogP contribution in [0.4, 0.5) is 17.1 Å². The van der Waals surface area contributed by atoms with E-state index < -0.39 is 0 Å². The monoisotopic (exact) mass is 784 g/mol. The first kappa shape index (κ1) is 35.6. The van der Waals surface area contributed by atoms with Crippen LogP contribution >= 0.6 is 0 Å². The zero-order chi connectivity index (χ0) is 40.3. The van der Waals surface area contributed by atoms with Crippen molar-refractivity contribution in [3.05, 3.63) is 206 Å². The molecular formula is C58H44N2O. The molecule has 2 aromatic heterocycles. The summed E-state index contributed by atoms with van der Waals surface area (Å²) in [6.45, 7) is 0. The highest BCUT2D eigenvalue weighted by Crippen LogP contribution is 2.48. The van der Waals surface area contributed by atoms with Gasteiger partial charge < -0.3 is 13.9 Å². The first-order chi connectivity index (χ1) is 30.3. The summed E-state index contributed by atoms with van der Waals surface area (Å²) in [7, 11) is 0. The van der Waals surface area contributed by atoms with Crippen LogP contribution in [0.15, 0.2) is 205 Å². The Labute approximate surface area is 355 Å². The van der Waals surface area contributed by atoms with Crippen LogP contribution in [0, 0.1) is 0 Å². The van der Waals surface area contributed by atoms with Crippen molar-refractivity contribution in [1.82, 2.24) is 4.57 Å². The molecule has 12 rings (SSSR count). The molecule has 3 heteroatoms. The third kappa shape index (κ3) is 5.95. The maximum Gasteiger partial charge on any atom is 0.159 e. The highest BCUT2D eigenvalue weighted by atomic mass is 16.3. The average Bonchev–Trinajstić information content (AvgIpc) is 3.88. The van der Waals surface area contributed by atoms with E-state index in [1.165, 1.54) is 86.9 Å². The van der Waals surface area contributed by atoms with E-state index in [4.69, 9.17) is 4.42 Å². The van der Waals surface area contributed by atoms with Crippen LogP contribution in [0.5, 0.6) is 0 Å². The lowest BCUT2D eigenvalue weighted by molar-refractivity contribution is 0.445. The molecule has 1 fully saturated rings. The normalized spacial score (nSPS) is 13.5. The quantitative estimate of drug-likeness (QED) is 0.161. The molecule has 0 radical (unpaired) electrons. The number of para-hydroxylation sites is 5. The Morgan fingerprint density at radius 1 is 0.459 bits per heavy atom. The summed E-state index contributed by atoms with van der Waals surface area (Å²) in [4.78, 5) is 2.44. The SMILES string of the molecule is c1ccc(-n2c3ccccc3c3cc(-c4cccc(N(c5ccccc5-c5cccc6cccc(C7CCCCC7)c56)c5cccc6c5oc5ccccc56)c4)ccc32)cc1. The molecule has 0 bridgehead atoms. The molecule has 1 aliphatic rings. The van der Waals surface area contributed by atoms with Crippen molar-refractivity contribution in [3.8, 4) is 27.9 Å². The Balaban J connectivity index is 1.08. The van der Waals surface area contributed by atoms with Gasteiger partial charge >= 0.3 is 0 Å². The van der Waals surface area contributed by atoms with Gasteiger partial charge in [-0.05, 0) is 112 Å². The predicted octanol–water partition coefficient (Wildman–Crippen LogP) is 16.7. The van der Waals surface area contributed by atoms with Crippen LogP contribution in [-0.2, 0) is 0 Å². The van der Waals surface area contributed by atoms with Crippen molar-refractivity contribution in [2.24, 2.45) is 0 Å². The smallest absolute Gasteiger partial charge is 0.159 e. The van der Waals surface area contributed by atoms with Crippen LogP contribution in [0.2, 0.25) is 0 Å². The number of anilines is 3. The van der Waals surface area contributed by atoms with E-state index in [-0.39, 0.29) is 0 Å². The second kappa shape index (κ2) is 14.7. The predicted molar refractivity (Wildman–Crippen MR) is 257 cm³/mol. The number of hydrogen-bond donors (Lipinski definition) is 0. The second-order valence-corrected chi connectivity index (χ2v) is 16.7. The molecule has 9 aromatic carbocycles. The number of furan rings is 1. The molecule has 11 aromatic rings. The van der Waals surface area contributed by atoms with E-state index in [1.54, 1.807) is 0 Å². The fraction of sp³-hybridized carbons (Fsp3) is 0.103. The van der Waals surface area contributed by atoms with Crippen molar-refractivity contribution >= 4 is 71.6 Å². The molecule has 3 nitrogen and oxygen atoms in total. The van der Waals surface area contributed by atoms with Gasteiger partial charge in [0.2, 0.25) is 0 Å². The number of hydrogen-bond acceptors (Lipinski definition) is 2. The fourth-order valence-electron chi connectivity index (χ4n) is 10.4. The maximum atomic E-state index is 6.82. The van der Waals surface area contributed by atoms with Crippen molar-refractivity contribution in [1.29, 1.82) is 0 Å². The van der Waals surface area contributed by atoms with E-state index in [9.17, 15) is 0 Å². The molecular weight excluding hydrogens is 741 g/mol. The minimum Gasteiger partial charge on any atom is -0.454 e. The van der Waals surface area contributed by atoms with Crippen molar-refractivity contribution in [3.63, 3.8) is 0 Å². The lowest BCUT2D eigenvalue weighted by Gasteiger charge is -2.29. The summed E-state index contributed by atoms with van der Waals surface area (Å²) < 4.78 is 9.20. The van der Waals surface area contributed by atoms with E-state index in [0.717, 1.165) is 50.3 Å². The molecule has 1 aliphatic carbocycles. The molecule has 0 amide bonds. The lowest BCUT2D eigenvalue weighted by atomic mass is 9.80. The van der Waals surface area contributed by atoms with E-state index in [0.29, 0.717) is 5.92 Å². The highest BCUT2D eigenvalue weighted by Gasteiger charge is 2.25. The Bertz CT molecular complexity index is 3420. The standard InChI is InChI=1S/C58H44N2O/c1-3-17-39(18-4-1)45-28-14-19-40-20-15-29-49(57(40)45)46-25-7-10-31-52(46)60(55-33-16-30-50-48-27-9-12-34-56(48)61-58(50)55)44-24-13-21-41(37-44)42-35-36-54-51(38-42)47-26-8-11-32-53(47)59(54)43-22-5-2-6-23-43/h2,5-16,19-39H,1,3-4,17-18H2. The molecule has 0 unspecified atom stereocenters. The average molecular weight is 785 g/mol. The molecule has 0 aliphatic heterocycles. The van der Waals surface area contributed by atoms with Gasteiger partial charge in [0.05, 0.1) is 22.4 Å². The Hall–Kier alpha value is -7.36. The maximum absolute atomic E-state index is 6.82. The fourth-order valence-corrected chi connectivity index (χ4v) is 10.4. The van der Waals surface area contributed by atoms with E-state index >= 15 is 0 Å². The molecule has 0 N–H and O–H groups in total. The zero-order valence-corrected chi connectivity index (χ0v) is 34.0. The number of rotatable bonds is 7. The van der Waals surface area contributed by atoms with Crippen molar-refractivity contribution in [2.45, 2.75) is 38.0 Å². The molecule has 2 heterocycles. The van der Waals surface area contributed by atoms with Crippen molar-refractivity contribution in [2.75, 3.05) is 4.90 Å². The van der Waals surface area contributed by atoms with Gasteiger partial charge in [0.25, 0.3) is 0 Å². The molecule has 292 valence electrons. The minimum absolute atomic E-state index is 0.571. The van der Waals surface area contributed by atoms with Gasteiger partial charge in [-0.15, -0.1) is 0 Å². The summed E-state index contributed by atoms with van der Waals surface area (Å²) in [5.41, 5.74) is 14.8. The summed E-state index contributed by atoms with van der Waals surface area (Å²) in [5.74, 6) is 0.571. The number of fused-ring (bicyclic) bond motifs is 7. The third-order valence-electron chi connectivity index (χ3n) is 13.2. The van der Waals surface area contributed by atoms with E-state index in [1.807, 2.05) is 0 Å². The number of aromatic nitrogens is 1. The van der Waals surface area contributed by atoms with Gasteiger partial charge in [-0.25, -0.2) is 0 Å². The largest absolute Gasteiger partial charge is 0.454 e. The second-order valence-electron chi connectivity index (χ2n) is 16.7. The van der Waals surface area contributed by atoms with Crippen LogP contribution in [0.1, 0.15) is 43.6 Å². The molecule has 1 saturated carbocycles. The molecule has 0 atom stereocenters. The van der Waals surface area contributed by atoms with Gasteiger partial charge in [0.1, 0.15) is 5.58 Å². The summed E-state index contributed by atoms with van der Waals surface area (Å²) in [6.07, 6.45) is 6.44. The molecule has 0 spiro atoms. The van der Waals surface area contributed by atoms with Gasteiger partial charge in [-0.1, -0.05) is 159 Å². The van der Waals surface area contributed by atoms with Crippen LogP contribution in [-0.4, -0.2) is 4.57 Å². The Morgan fingerprint density at radius 3 is 2.03 bits per heavy atom. The summed E-state index contributed by atoms with van der Waals surface area (Å²) >= 11 is 0. The Morgan fingerprint density at radius 2 is 1.13 bits per heavy atom. The first-order valence-electron chi connectivity index (χ1n) is 21.8. The van der Waals surface area contributed by atoms with Crippen LogP contribution in [0.25, 0.3) is 82.5 Å². The lowest BCUT2D eigenvalue weighted by Crippen LogP contribution is -2.12. The third-order valence-corrected chi connectivity index (χ3v) is 13.2. The van der Waals surface area contributed by atoms with Gasteiger partial charge in [0, 0.05) is 38.5 Å². The molecule has 61 heavy (non-hydrogen) atoms. The van der Waals surface area contributed by atoms with Crippen LogP contribution < -0.4 is 4.90 Å². The number of benzene rings is 9. The summed E-state index contributed by atoms with van der Waals surface area (Å²) in [5, 5.41) is 7.39. The van der Waals surface area contributed by atoms with Crippen molar-refractivity contribution < 1.29 is 4.42 Å². The van der Waals surface area contributed by atoms with Crippen LogP contribution in [0.3, 0.4) is 0 Å². The highest BCUT2D eigenvalue weighted by molar-refractivity contribution is 6.13.